The van der Waals surface area contributed by atoms with E-state index in [4.69, 9.17) is 5.11 Å². The van der Waals surface area contributed by atoms with E-state index in [2.05, 4.69) is 42.0 Å². The summed E-state index contributed by atoms with van der Waals surface area (Å²) in [5.41, 5.74) is 4.77. The number of aromatic amines is 1. The lowest BCUT2D eigenvalue weighted by Gasteiger charge is -2.04. The average Bonchev–Trinajstić information content (AvgIpc) is 2.75. The maximum atomic E-state index is 8.78. The molecule has 0 aliphatic heterocycles. The monoisotopic (exact) mass is 230 g/mol. The SMILES string of the molecule is Cc1ccc(-c2cnc(CCCO)[nH]2)c(C)c1. The lowest BCUT2D eigenvalue weighted by molar-refractivity contribution is 0.287. The largest absolute Gasteiger partial charge is 0.396 e. The fourth-order valence-electron chi connectivity index (χ4n) is 1.99. The second-order valence-electron chi connectivity index (χ2n) is 4.39. The molecule has 2 rings (SSSR count). The third-order valence-corrected chi connectivity index (χ3v) is 2.87. The summed E-state index contributed by atoms with van der Waals surface area (Å²) in [6.07, 6.45) is 3.41. The number of nitrogens with one attached hydrogen (secondary N) is 1. The highest BCUT2D eigenvalue weighted by Crippen LogP contribution is 2.22. The van der Waals surface area contributed by atoms with Gasteiger partial charge in [0.2, 0.25) is 0 Å². The fourth-order valence-corrected chi connectivity index (χ4v) is 1.99. The van der Waals surface area contributed by atoms with Crippen molar-refractivity contribution in [1.82, 2.24) is 9.97 Å². The number of hydrogen-bond donors (Lipinski definition) is 2. The van der Waals surface area contributed by atoms with E-state index >= 15 is 0 Å². The normalized spacial score (nSPS) is 10.8. The molecule has 2 aromatic rings. The van der Waals surface area contributed by atoms with E-state index in [1.165, 1.54) is 16.7 Å². The molecule has 0 amide bonds. The van der Waals surface area contributed by atoms with Gasteiger partial charge in [-0.3, -0.25) is 0 Å². The minimum Gasteiger partial charge on any atom is -0.396 e. The van der Waals surface area contributed by atoms with Gasteiger partial charge in [0.25, 0.3) is 0 Å². The summed E-state index contributed by atoms with van der Waals surface area (Å²) in [4.78, 5) is 7.63. The Balaban J connectivity index is 2.24. The Morgan fingerprint density at radius 3 is 2.82 bits per heavy atom. The molecule has 0 saturated carbocycles. The zero-order chi connectivity index (χ0) is 12.3. The van der Waals surface area contributed by atoms with Gasteiger partial charge in [0.15, 0.2) is 0 Å². The van der Waals surface area contributed by atoms with Gasteiger partial charge in [0.1, 0.15) is 5.82 Å². The van der Waals surface area contributed by atoms with Gasteiger partial charge in [0.05, 0.1) is 11.9 Å². The molecule has 3 heteroatoms. The molecule has 2 N–H and O–H groups in total. The quantitative estimate of drug-likeness (QED) is 0.848. The van der Waals surface area contributed by atoms with Crippen molar-refractivity contribution in [2.75, 3.05) is 6.61 Å². The van der Waals surface area contributed by atoms with Gasteiger partial charge in [-0.2, -0.15) is 0 Å². The molecule has 1 aromatic heterocycles. The van der Waals surface area contributed by atoms with Crippen LogP contribution in [0.25, 0.3) is 11.3 Å². The standard InChI is InChI=1S/C14H18N2O/c1-10-5-6-12(11(2)8-10)13-9-15-14(16-13)4-3-7-17/h5-6,8-9,17H,3-4,7H2,1-2H3,(H,15,16). The summed E-state index contributed by atoms with van der Waals surface area (Å²) < 4.78 is 0. The minimum atomic E-state index is 0.208. The zero-order valence-corrected chi connectivity index (χ0v) is 10.3. The van der Waals surface area contributed by atoms with Gasteiger partial charge in [-0.25, -0.2) is 4.98 Å². The number of aryl methyl sites for hydroxylation is 3. The lowest BCUT2D eigenvalue weighted by atomic mass is 10.0. The van der Waals surface area contributed by atoms with Crippen LogP contribution in [-0.2, 0) is 6.42 Å². The van der Waals surface area contributed by atoms with E-state index in [0.29, 0.717) is 0 Å². The van der Waals surface area contributed by atoms with Crippen LogP contribution in [0.5, 0.6) is 0 Å². The topological polar surface area (TPSA) is 48.9 Å². The first-order valence-electron chi connectivity index (χ1n) is 5.93. The summed E-state index contributed by atoms with van der Waals surface area (Å²) in [6.45, 7) is 4.41. The van der Waals surface area contributed by atoms with E-state index in [0.717, 1.165) is 24.4 Å². The molecule has 0 aliphatic rings. The second-order valence-corrected chi connectivity index (χ2v) is 4.39. The summed E-state index contributed by atoms with van der Waals surface area (Å²) in [5.74, 6) is 0.939. The molecule has 0 unspecified atom stereocenters. The first-order valence-corrected chi connectivity index (χ1v) is 5.93. The number of aliphatic hydroxyl groups excluding tert-OH is 1. The van der Waals surface area contributed by atoms with Crippen molar-refractivity contribution in [1.29, 1.82) is 0 Å². The van der Waals surface area contributed by atoms with Crippen molar-refractivity contribution >= 4 is 0 Å². The Morgan fingerprint density at radius 1 is 1.29 bits per heavy atom. The number of imidazole rings is 1. The van der Waals surface area contributed by atoms with Gasteiger partial charge in [0, 0.05) is 18.6 Å². The summed E-state index contributed by atoms with van der Waals surface area (Å²) >= 11 is 0. The molecule has 0 spiro atoms. The number of hydrogen-bond acceptors (Lipinski definition) is 2. The molecule has 0 aliphatic carbocycles. The van der Waals surface area contributed by atoms with Crippen molar-refractivity contribution in [3.63, 3.8) is 0 Å². The van der Waals surface area contributed by atoms with Gasteiger partial charge in [-0.15, -0.1) is 0 Å². The third-order valence-electron chi connectivity index (χ3n) is 2.87. The Bertz CT molecular complexity index is 503. The third kappa shape index (κ3) is 2.74. The van der Waals surface area contributed by atoms with Crippen LogP contribution in [0, 0.1) is 13.8 Å². The van der Waals surface area contributed by atoms with E-state index in [1.807, 2.05) is 6.20 Å². The first kappa shape index (κ1) is 11.9. The highest BCUT2D eigenvalue weighted by molar-refractivity contribution is 5.63. The molecular formula is C14H18N2O. The average molecular weight is 230 g/mol. The van der Waals surface area contributed by atoms with Gasteiger partial charge in [-0.1, -0.05) is 23.8 Å². The van der Waals surface area contributed by atoms with Crippen molar-refractivity contribution in [2.24, 2.45) is 0 Å². The minimum absolute atomic E-state index is 0.208. The molecule has 0 atom stereocenters. The van der Waals surface area contributed by atoms with Gasteiger partial charge >= 0.3 is 0 Å². The molecule has 0 bridgehead atoms. The predicted molar refractivity (Wildman–Crippen MR) is 68.9 cm³/mol. The molecular weight excluding hydrogens is 212 g/mol. The Hall–Kier alpha value is -1.61. The van der Waals surface area contributed by atoms with E-state index in [-0.39, 0.29) is 6.61 Å². The Morgan fingerprint density at radius 2 is 2.12 bits per heavy atom. The van der Waals surface area contributed by atoms with E-state index in [1.54, 1.807) is 0 Å². The van der Waals surface area contributed by atoms with Crippen LogP contribution in [0.3, 0.4) is 0 Å². The van der Waals surface area contributed by atoms with Crippen LogP contribution in [-0.4, -0.2) is 21.7 Å². The number of aromatic nitrogens is 2. The highest BCUT2D eigenvalue weighted by Gasteiger charge is 2.05. The van der Waals surface area contributed by atoms with Crippen LogP contribution in [0.2, 0.25) is 0 Å². The van der Waals surface area contributed by atoms with Gasteiger partial charge < -0.3 is 10.1 Å². The zero-order valence-electron chi connectivity index (χ0n) is 10.3. The summed E-state index contributed by atoms with van der Waals surface area (Å²) in [5, 5.41) is 8.78. The van der Waals surface area contributed by atoms with Crippen molar-refractivity contribution < 1.29 is 5.11 Å². The smallest absolute Gasteiger partial charge is 0.106 e. The number of H-pyrrole nitrogens is 1. The molecule has 1 heterocycles. The number of aliphatic hydroxyl groups is 1. The van der Waals surface area contributed by atoms with Gasteiger partial charge in [-0.05, 0) is 25.8 Å². The molecule has 17 heavy (non-hydrogen) atoms. The summed E-state index contributed by atoms with van der Waals surface area (Å²) in [6, 6.07) is 6.40. The Labute approximate surface area is 102 Å². The molecule has 3 nitrogen and oxygen atoms in total. The highest BCUT2D eigenvalue weighted by atomic mass is 16.2. The number of rotatable bonds is 4. The molecule has 0 fully saturated rings. The van der Waals surface area contributed by atoms with Crippen LogP contribution in [0.1, 0.15) is 23.4 Å². The van der Waals surface area contributed by atoms with Crippen molar-refractivity contribution in [3.8, 4) is 11.3 Å². The maximum Gasteiger partial charge on any atom is 0.106 e. The molecule has 0 saturated heterocycles. The lowest BCUT2D eigenvalue weighted by Crippen LogP contribution is -1.91. The number of nitrogens with zero attached hydrogens (tertiary/aromatic N) is 1. The predicted octanol–water partition coefficient (Wildman–Crippen LogP) is 2.62. The van der Waals surface area contributed by atoms with Crippen molar-refractivity contribution in [2.45, 2.75) is 26.7 Å². The van der Waals surface area contributed by atoms with Crippen LogP contribution in [0.15, 0.2) is 24.4 Å². The molecule has 90 valence electrons. The second kappa shape index (κ2) is 5.15. The van der Waals surface area contributed by atoms with Crippen LogP contribution in [0.4, 0.5) is 0 Å². The Kier molecular flexibility index (Phi) is 3.59. The van der Waals surface area contributed by atoms with Crippen molar-refractivity contribution in [3.05, 3.63) is 41.3 Å². The van der Waals surface area contributed by atoms with Crippen LogP contribution >= 0.6 is 0 Å². The summed E-state index contributed by atoms with van der Waals surface area (Å²) in [7, 11) is 0. The van der Waals surface area contributed by atoms with E-state index < -0.39 is 0 Å². The fraction of sp³-hybridized carbons (Fsp3) is 0.357. The first-order chi connectivity index (χ1) is 8.20. The van der Waals surface area contributed by atoms with E-state index in [9.17, 15) is 0 Å². The van der Waals surface area contributed by atoms with Crippen LogP contribution < -0.4 is 0 Å². The molecule has 1 aromatic carbocycles. The number of benzene rings is 1. The molecule has 0 radical (unpaired) electrons. The maximum absolute atomic E-state index is 8.78.